The van der Waals surface area contributed by atoms with Crippen LogP contribution in [0.1, 0.15) is 17.5 Å². The van der Waals surface area contributed by atoms with Crippen LogP contribution in [0.3, 0.4) is 0 Å². The average Bonchev–Trinajstić information content (AvgIpc) is 3.24. The molecule has 150 valence electrons. The maximum atomic E-state index is 12.7. The third kappa shape index (κ3) is 3.49. The number of urea groups is 1. The van der Waals surface area contributed by atoms with Crippen LogP contribution in [0, 0.1) is 13.8 Å². The molecule has 0 N–H and O–H groups in total. The Morgan fingerprint density at radius 1 is 0.966 bits per heavy atom. The molecule has 0 radical (unpaired) electrons. The van der Waals surface area contributed by atoms with Crippen LogP contribution in [0.4, 0.5) is 10.5 Å². The molecule has 0 atom stereocenters. The molecule has 8 heteroatoms. The Morgan fingerprint density at radius 3 is 2.55 bits per heavy atom. The quantitative estimate of drug-likeness (QED) is 0.424. The van der Waals surface area contributed by atoms with Gasteiger partial charge in [0.15, 0.2) is 11.5 Å². The first kappa shape index (κ1) is 18.8. The van der Waals surface area contributed by atoms with Gasteiger partial charge in [-0.2, -0.15) is 0 Å². The summed E-state index contributed by atoms with van der Waals surface area (Å²) in [6.07, 6.45) is 0.389. The molecule has 4 rings (SSSR count). The summed E-state index contributed by atoms with van der Waals surface area (Å²) < 4.78 is 16.2. The van der Waals surface area contributed by atoms with E-state index in [1.54, 1.807) is 37.3 Å². The second-order valence-electron chi connectivity index (χ2n) is 6.89. The van der Waals surface area contributed by atoms with Crippen molar-refractivity contribution >= 4 is 23.5 Å². The lowest BCUT2D eigenvalue weighted by Crippen LogP contribution is -2.34. The van der Waals surface area contributed by atoms with Crippen LogP contribution in [-0.4, -0.2) is 42.7 Å². The molecule has 2 aromatic rings. The van der Waals surface area contributed by atoms with Gasteiger partial charge >= 0.3 is 17.8 Å². The van der Waals surface area contributed by atoms with Crippen molar-refractivity contribution in [2.24, 2.45) is 0 Å². The first-order chi connectivity index (χ1) is 14.0. The number of amides is 4. The smallest absolute Gasteiger partial charge is 0.338 e. The van der Waals surface area contributed by atoms with Crippen LogP contribution >= 0.6 is 0 Å². The van der Waals surface area contributed by atoms with E-state index < -0.39 is 17.8 Å². The molecule has 2 aromatic carbocycles. The fourth-order valence-electron chi connectivity index (χ4n) is 3.35. The molecule has 29 heavy (non-hydrogen) atoms. The van der Waals surface area contributed by atoms with Crippen molar-refractivity contribution in [3.05, 3.63) is 47.5 Å². The lowest BCUT2D eigenvalue weighted by Gasteiger charge is -2.17. The molecule has 0 aromatic heterocycles. The molecule has 0 bridgehead atoms. The minimum Gasteiger partial charge on any atom is -0.493 e. The number of fused-ring (bicyclic) bond motifs is 1. The topological polar surface area (TPSA) is 85.4 Å². The standard InChI is InChI=1S/C21H20N2O6/c1-13-4-6-16(14(2)10-13)23-20(25)19(24)22(21(23)26)8-3-9-27-15-5-7-17-18(11-15)29-12-28-17/h4-7,10-11H,3,8-9,12H2,1-2H3. The van der Waals surface area contributed by atoms with E-state index in [4.69, 9.17) is 14.2 Å². The number of carbonyl (C=O) groups excluding carboxylic acids is 3. The normalized spacial score (nSPS) is 15.4. The number of rotatable bonds is 6. The Hall–Kier alpha value is -3.55. The summed E-state index contributed by atoms with van der Waals surface area (Å²) in [6.45, 7) is 4.27. The summed E-state index contributed by atoms with van der Waals surface area (Å²) in [5, 5.41) is 0. The van der Waals surface area contributed by atoms with Crippen LogP contribution in [0.15, 0.2) is 36.4 Å². The first-order valence-corrected chi connectivity index (χ1v) is 9.25. The number of nitrogens with zero attached hydrogens (tertiary/aromatic N) is 2. The van der Waals surface area contributed by atoms with Crippen LogP contribution in [0.2, 0.25) is 0 Å². The summed E-state index contributed by atoms with van der Waals surface area (Å²) in [4.78, 5) is 39.3. The van der Waals surface area contributed by atoms with Gasteiger partial charge in [0.05, 0.1) is 12.3 Å². The molecule has 0 saturated carbocycles. The number of anilines is 1. The Bertz CT molecular complexity index is 1000. The molecule has 2 heterocycles. The van der Waals surface area contributed by atoms with E-state index in [1.165, 1.54) is 0 Å². The Labute approximate surface area is 167 Å². The fraction of sp³-hybridized carbons (Fsp3) is 0.286. The molecule has 0 spiro atoms. The van der Waals surface area contributed by atoms with Gasteiger partial charge in [-0.05, 0) is 44.0 Å². The third-order valence-electron chi connectivity index (χ3n) is 4.79. The zero-order valence-corrected chi connectivity index (χ0v) is 16.1. The predicted molar refractivity (Wildman–Crippen MR) is 103 cm³/mol. The highest BCUT2D eigenvalue weighted by atomic mass is 16.7. The lowest BCUT2D eigenvalue weighted by molar-refractivity contribution is -0.139. The highest BCUT2D eigenvalue weighted by molar-refractivity contribution is 6.52. The van der Waals surface area contributed by atoms with Gasteiger partial charge in [0.1, 0.15) is 5.75 Å². The Morgan fingerprint density at radius 2 is 1.76 bits per heavy atom. The van der Waals surface area contributed by atoms with Crippen molar-refractivity contribution in [1.29, 1.82) is 0 Å². The second kappa shape index (κ2) is 7.46. The summed E-state index contributed by atoms with van der Waals surface area (Å²) in [5.41, 5.74) is 2.19. The molecular formula is C21H20N2O6. The van der Waals surface area contributed by atoms with Crippen molar-refractivity contribution in [3.63, 3.8) is 0 Å². The minimum absolute atomic E-state index is 0.0926. The largest absolute Gasteiger partial charge is 0.493 e. The number of aryl methyl sites for hydroxylation is 2. The SMILES string of the molecule is Cc1ccc(N2C(=O)C(=O)N(CCCOc3ccc4c(c3)OCO4)C2=O)c(C)c1. The van der Waals surface area contributed by atoms with Crippen molar-refractivity contribution in [1.82, 2.24) is 4.90 Å². The van der Waals surface area contributed by atoms with Gasteiger partial charge in [0, 0.05) is 12.6 Å². The highest BCUT2D eigenvalue weighted by Crippen LogP contribution is 2.35. The Balaban J connectivity index is 1.37. The van der Waals surface area contributed by atoms with Crippen LogP contribution < -0.4 is 19.1 Å². The van der Waals surface area contributed by atoms with Crippen LogP contribution in [0.5, 0.6) is 17.2 Å². The molecule has 0 aliphatic carbocycles. The number of hydrogen-bond acceptors (Lipinski definition) is 6. The van der Waals surface area contributed by atoms with Gasteiger partial charge in [-0.3, -0.25) is 14.5 Å². The van der Waals surface area contributed by atoms with Gasteiger partial charge in [-0.1, -0.05) is 17.7 Å². The number of benzene rings is 2. The average molecular weight is 396 g/mol. The summed E-state index contributed by atoms with van der Waals surface area (Å²) in [5.74, 6) is 0.218. The van der Waals surface area contributed by atoms with Gasteiger partial charge in [-0.25, -0.2) is 9.69 Å². The van der Waals surface area contributed by atoms with Crippen molar-refractivity contribution < 1.29 is 28.6 Å². The van der Waals surface area contributed by atoms with E-state index in [0.717, 1.165) is 20.9 Å². The lowest BCUT2D eigenvalue weighted by atomic mass is 10.1. The number of carbonyl (C=O) groups is 3. The van der Waals surface area contributed by atoms with Gasteiger partial charge < -0.3 is 14.2 Å². The van der Waals surface area contributed by atoms with Gasteiger partial charge in [-0.15, -0.1) is 0 Å². The molecule has 4 amide bonds. The molecule has 0 unspecified atom stereocenters. The fourth-order valence-corrected chi connectivity index (χ4v) is 3.35. The van der Waals surface area contributed by atoms with E-state index in [-0.39, 0.29) is 19.9 Å². The molecule has 8 nitrogen and oxygen atoms in total. The van der Waals surface area contributed by atoms with Crippen molar-refractivity contribution in [2.45, 2.75) is 20.3 Å². The molecule has 2 aliphatic heterocycles. The zero-order valence-electron chi connectivity index (χ0n) is 16.1. The zero-order chi connectivity index (χ0) is 20.5. The van der Waals surface area contributed by atoms with E-state index in [0.29, 0.717) is 29.4 Å². The minimum atomic E-state index is -0.835. The third-order valence-corrected chi connectivity index (χ3v) is 4.79. The summed E-state index contributed by atoms with van der Waals surface area (Å²) in [7, 11) is 0. The molecule has 1 fully saturated rings. The van der Waals surface area contributed by atoms with Crippen molar-refractivity contribution in [3.8, 4) is 17.2 Å². The Kier molecular flexibility index (Phi) is 4.84. The molecule has 2 aliphatic rings. The van der Waals surface area contributed by atoms with Gasteiger partial charge in [0.2, 0.25) is 6.79 Å². The number of hydrogen-bond donors (Lipinski definition) is 0. The van der Waals surface area contributed by atoms with E-state index >= 15 is 0 Å². The number of ether oxygens (including phenoxy) is 3. The summed E-state index contributed by atoms with van der Waals surface area (Å²) in [6, 6.07) is 9.95. The van der Waals surface area contributed by atoms with Crippen LogP contribution in [-0.2, 0) is 9.59 Å². The van der Waals surface area contributed by atoms with E-state index in [9.17, 15) is 14.4 Å². The maximum absolute atomic E-state index is 12.7. The summed E-state index contributed by atoms with van der Waals surface area (Å²) >= 11 is 0. The van der Waals surface area contributed by atoms with E-state index in [1.807, 2.05) is 13.0 Å². The second-order valence-corrected chi connectivity index (χ2v) is 6.89. The van der Waals surface area contributed by atoms with Crippen molar-refractivity contribution in [2.75, 3.05) is 24.8 Å². The monoisotopic (exact) mass is 396 g/mol. The predicted octanol–water partition coefficient (Wildman–Crippen LogP) is 2.80. The molecular weight excluding hydrogens is 376 g/mol. The van der Waals surface area contributed by atoms with Gasteiger partial charge in [0.25, 0.3) is 0 Å². The highest BCUT2D eigenvalue weighted by Gasteiger charge is 2.45. The molecule has 1 saturated heterocycles. The first-order valence-electron chi connectivity index (χ1n) is 9.25. The van der Waals surface area contributed by atoms with Crippen LogP contribution in [0.25, 0.3) is 0 Å². The van der Waals surface area contributed by atoms with E-state index in [2.05, 4.69) is 0 Å². The number of imide groups is 2. The maximum Gasteiger partial charge on any atom is 0.338 e.